The van der Waals surface area contributed by atoms with Crippen LogP contribution in [0.2, 0.25) is 5.02 Å². The van der Waals surface area contributed by atoms with Crippen LogP contribution in [0, 0.1) is 6.92 Å². The summed E-state index contributed by atoms with van der Waals surface area (Å²) in [5.74, 6) is 1.27. The first kappa shape index (κ1) is 17.8. The van der Waals surface area contributed by atoms with E-state index < -0.39 is 5.91 Å². The minimum Gasteiger partial charge on any atom is -0.497 e. The van der Waals surface area contributed by atoms with Crippen LogP contribution in [0.25, 0.3) is 0 Å². The predicted molar refractivity (Wildman–Crippen MR) is 98.0 cm³/mol. The molecule has 0 saturated carbocycles. The topological polar surface area (TPSA) is 73.6 Å². The van der Waals surface area contributed by atoms with E-state index in [1.807, 2.05) is 12.1 Å². The molecule has 0 aliphatic rings. The Labute approximate surface area is 155 Å². The van der Waals surface area contributed by atoms with Gasteiger partial charge in [-0.2, -0.15) is 0 Å². The summed E-state index contributed by atoms with van der Waals surface area (Å²) in [6, 6.07) is 14.2. The van der Waals surface area contributed by atoms with Crippen LogP contribution in [-0.2, 0) is 6.61 Å². The molecule has 2 aromatic carbocycles. The van der Waals surface area contributed by atoms with Crippen LogP contribution in [0.5, 0.6) is 11.5 Å². The van der Waals surface area contributed by atoms with Gasteiger partial charge in [0.25, 0.3) is 5.91 Å². The number of anilines is 1. The van der Waals surface area contributed by atoms with Crippen LogP contribution in [0.15, 0.2) is 53.1 Å². The van der Waals surface area contributed by atoms with Crippen molar-refractivity contribution >= 4 is 23.2 Å². The summed E-state index contributed by atoms with van der Waals surface area (Å²) in [7, 11) is 1.56. The van der Waals surface area contributed by atoms with Gasteiger partial charge >= 0.3 is 0 Å². The number of carbonyl (C=O) groups excluding carboxylic acids is 1. The van der Waals surface area contributed by atoms with Crippen molar-refractivity contribution in [2.24, 2.45) is 0 Å². The highest BCUT2D eigenvalue weighted by Gasteiger charge is 2.21. The molecule has 0 spiro atoms. The zero-order chi connectivity index (χ0) is 18.5. The van der Waals surface area contributed by atoms with Crippen LogP contribution < -0.4 is 14.8 Å². The van der Waals surface area contributed by atoms with Crippen molar-refractivity contribution in [3.63, 3.8) is 0 Å². The molecule has 1 heterocycles. The molecular formula is C19H17ClN2O4. The molecule has 0 radical (unpaired) electrons. The normalized spacial score (nSPS) is 10.4. The number of para-hydroxylation sites is 1. The molecule has 7 heteroatoms. The van der Waals surface area contributed by atoms with Gasteiger partial charge in [0.2, 0.25) is 0 Å². The molecule has 0 unspecified atom stereocenters. The number of amides is 1. The summed E-state index contributed by atoms with van der Waals surface area (Å²) >= 11 is 6.09. The largest absolute Gasteiger partial charge is 0.497 e. The molecule has 1 N–H and O–H groups in total. The number of halogens is 1. The van der Waals surface area contributed by atoms with E-state index in [0.717, 1.165) is 0 Å². The van der Waals surface area contributed by atoms with Crippen molar-refractivity contribution < 1.29 is 18.8 Å². The zero-order valence-electron chi connectivity index (χ0n) is 14.3. The number of aryl methyl sites for hydroxylation is 1. The van der Waals surface area contributed by atoms with E-state index in [-0.39, 0.29) is 12.3 Å². The standard InChI is InChI=1S/C19H17ClN2O4/c1-12-15(11-25-17-9-4-3-8-16(17)20)18(22-26-12)19(23)21-13-6-5-7-14(10-13)24-2/h3-10H,11H2,1-2H3,(H,21,23). The summed E-state index contributed by atoms with van der Waals surface area (Å²) in [6.45, 7) is 1.83. The van der Waals surface area contributed by atoms with Gasteiger partial charge in [-0.05, 0) is 31.2 Å². The van der Waals surface area contributed by atoms with E-state index in [4.69, 9.17) is 25.6 Å². The fourth-order valence-electron chi connectivity index (χ4n) is 2.34. The smallest absolute Gasteiger partial charge is 0.278 e. The summed E-state index contributed by atoms with van der Waals surface area (Å²) < 4.78 is 16.0. The summed E-state index contributed by atoms with van der Waals surface area (Å²) in [6.07, 6.45) is 0. The quantitative estimate of drug-likeness (QED) is 0.690. The number of hydrogen-bond acceptors (Lipinski definition) is 5. The lowest BCUT2D eigenvalue weighted by Gasteiger charge is -2.09. The molecule has 0 fully saturated rings. The van der Waals surface area contributed by atoms with Crippen LogP contribution in [0.4, 0.5) is 5.69 Å². The van der Waals surface area contributed by atoms with Gasteiger partial charge in [-0.3, -0.25) is 4.79 Å². The SMILES string of the molecule is COc1cccc(NC(=O)c2noc(C)c2COc2ccccc2Cl)c1. The molecule has 3 aromatic rings. The predicted octanol–water partition coefficient (Wildman–Crippen LogP) is 4.48. The first-order valence-electron chi connectivity index (χ1n) is 7.86. The Hall–Kier alpha value is -2.99. The minimum atomic E-state index is -0.395. The first-order valence-corrected chi connectivity index (χ1v) is 8.24. The van der Waals surface area contributed by atoms with Crippen molar-refractivity contribution in [3.05, 3.63) is 70.6 Å². The van der Waals surface area contributed by atoms with E-state index in [2.05, 4.69) is 10.5 Å². The molecule has 0 aliphatic carbocycles. The van der Waals surface area contributed by atoms with Crippen molar-refractivity contribution in [1.29, 1.82) is 0 Å². The lowest BCUT2D eigenvalue weighted by Crippen LogP contribution is -2.15. The number of methoxy groups -OCH3 is 1. The maximum Gasteiger partial charge on any atom is 0.278 e. The third kappa shape index (κ3) is 3.97. The Kier molecular flexibility index (Phi) is 5.43. The van der Waals surface area contributed by atoms with Gasteiger partial charge in [-0.25, -0.2) is 0 Å². The zero-order valence-corrected chi connectivity index (χ0v) is 15.0. The number of benzene rings is 2. The van der Waals surface area contributed by atoms with Crippen molar-refractivity contribution in [1.82, 2.24) is 5.16 Å². The van der Waals surface area contributed by atoms with E-state index >= 15 is 0 Å². The third-order valence-corrected chi connectivity index (χ3v) is 4.05. The fraction of sp³-hybridized carbons (Fsp3) is 0.158. The maximum atomic E-state index is 12.6. The second-order valence-electron chi connectivity index (χ2n) is 5.47. The molecule has 134 valence electrons. The van der Waals surface area contributed by atoms with E-state index in [9.17, 15) is 4.79 Å². The maximum absolute atomic E-state index is 12.6. The van der Waals surface area contributed by atoms with Crippen molar-refractivity contribution in [2.45, 2.75) is 13.5 Å². The second kappa shape index (κ2) is 7.93. The average Bonchev–Trinajstić information content (AvgIpc) is 3.02. The fourth-order valence-corrected chi connectivity index (χ4v) is 2.53. The average molecular weight is 373 g/mol. The number of hydrogen-bond donors (Lipinski definition) is 1. The number of nitrogens with zero attached hydrogens (tertiary/aromatic N) is 1. The number of aromatic nitrogens is 1. The molecule has 0 atom stereocenters. The Morgan fingerprint density at radius 2 is 2.04 bits per heavy atom. The van der Waals surface area contributed by atoms with Gasteiger partial charge < -0.3 is 19.3 Å². The molecule has 6 nitrogen and oxygen atoms in total. The van der Waals surface area contributed by atoms with Gasteiger partial charge in [-0.15, -0.1) is 0 Å². The first-order chi connectivity index (χ1) is 12.6. The molecule has 26 heavy (non-hydrogen) atoms. The molecule has 3 rings (SSSR count). The lowest BCUT2D eigenvalue weighted by molar-refractivity contribution is 0.101. The van der Waals surface area contributed by atoms with Crippen LogP contribution >= 0.6 is 11.6 Å². The number of ether oxygens (including phenoxy) is 2. The molecule has 1 aromatic heterocycles. The van der Waals surface area contributed by atoms with Gasteiger partial charge in [0, 0.05) is 11.8 Å². The second-order valence-corrected chi connectivity index (χ2v) is 5.88. The number of carbonyl (C=O) groups is 1. The Morgan fingerprint density at radius 1 is 1.23 bits per heavy atom. The monoisotopic (exact) mass is 372 g/mol. The molecule has 0 aliphatic heterocycles. The van der Waals surface area contributed by atoms with Crippen molar-refractivity contribution in [2.75, 3.05) is 12.4 Å². The summed E-state index contributed by atoms with van der Waals surface area (Å²) in [4.78, 5) is 12.6. The highest BCUT2D eigenvalue weighted by Crippen LogP contribution is 2.26. The van der Waals surface area contributed by atoms with Crippen LogP contribution in [0.1, 0.15) is 21.8 Å². The molecule has 1 amide bonds. The van der Waals surface area contributed by atoms with Gasteiger partial charge in [-0.1, -0.05) is 35.0 Å². The Balaban J connectivity index is 1.76. The van der Waals surface area contributed by atoms with Crippen LogP contribution in [0.3, 0.4) is 0 Å². The van der Waals surface area contributed by atoms with Crippen LogP contribution in [-0.4, -0.2) is 18.2 Å². The summed E-state index contributed by atoms with van der Waals surface area (Å²) in [5.41, 5.74) is 1.32. The lowest BCUT2D eigenvalue weighted by atomic mass is 10.2. The van der Waals surface area contributed by atoms with Crippen molar-refractivity contribution in [3.8, 4) is 11.5 Å². The van der Waals surface area contributed by atoms with Gasteiger partial charge in [0.05, 0.1) is 17.7 Å². The summed E-state index contributed by atoms with van der Waals surface area (Å²) in [5, 5.41) is 7.12. The third-order valence-electron chi connectivity index (χ3n) is 3.74. The Bertz CT molecular complexity index is 923. The minimum absolute atomic E-state index is 0.111. The van der Waals surface area contributed by atoms with E-state index in [1.165, 1.54) is 0 Å². The number of nitrogens with one attached hydrogen (secondary N) is 1. The highest BCUT2D eigenvalue weighted by molar-refractivity contribution is 6.32. The molecule has 0 bridgehead atoms. The highest BCUT2D eigenvalue weighted by atomic mass is 35.5. The molecule has 0 saturated heterocycles. The molecular weight excluding hydrogens is 356 g/mol. The van der Waals surface area contributed by atoms with Gasteiger partial charge in [0.15, 0.2) is 5.69 Å². The van der Waals surface area contributed by atoms with Gasteiger partial charge in [0.1, 0.15) is 23.9 Å². The Morgan fingerprint density at radius 3 is 2.81 bits per heavy atom. The van der Waals surface area contributed by atoms with E-state index in [1.54, 1.807) is 50.4 Å². The van der Waals surface area contributed by atoms with E-state index in [0.29, 0.717) is 33.5 Å². The number of rotatable bonds is 6.